The first-order valence-electron chi connectivity index (χ1n) is 12.8. The number of nitrogens with one attached hydrogen (secondary N) is 2. The number of aliphatic hydroxyl groups excluding tert-OH is 2. The molecule has 0 radical (unpaired) electrons. The van der Waals surface area contributed by atoms with Gasteiger partial charge in [-0.25, -0.2) is 9.97 Å². The van der Waals surface area contributed by atoms with E-state index in [4.69, 9.17) is 15.0 Å². The fourth-order valence-corrected chi connectivity index (χ4v) is 5.45. The summed E-state index contributed by atoms with van der Waals surface area (Å²) in [5, 5.41) is 39.7. The molecule has 0 spiro atoms. The number of aliphatic hydroxyl groups is 3. The van der Waals surface area contributed by atoms with Gasteiger partial charge in [-0.05, 0) is 58.4 Å². The van der Waals surface area contributed by atoms with Crippen molar-refractivity contribution in [1.29, 1.82) is 0 Å². The number of rotatable bonds is 12. The number of hydrogen-bond donors (Lipinski definition) is 5. The predicted octanol–water partition coefficient (Wildman–Crippen LogP) is 4.05. The number of aromatic nitrogens is 4. The van der Waals surface area contributed by atoms with Gasteiger partial charge in [0, 0.05) is 19.2 Å². The van der Waals surface area contributed by atoms with Crippen molar-refractivity contribution in [2.45, 2.75) is 90.6 Å². The van der Waals surface area contributed by atoms with Gasteiger partial charge in [-0.2, -0.15) is 4.98 Å². The Labute approximate surface area is 216 Å². The molecule has 10 heteroatoms. The summed E-state index contributed by atoms with van der Waals surface area (Å²) in [6.07, 6.45) is 3.13. The van der Waals surface area contributed by atoms with Crippen LogP contribution in [0.3, 0.4) is 0 Å². The van der Waals surface area contributed by atoms with E-state index in [0.29, 0.717) is 30.5 Å². The van der Waals surface area contributed by atoms with E-state index in [1.54, 1.807) is 24.5 Å². The molecule has 3 aromatic heterocycles. The molecule has 3 unspecified atom stereocenters. The molecule has 1 saturated carbocycles. The monoisotopic (exact) mass is 514 g/mol. The van der Waals surface area contributed by atoms with Gasteiger partial charge < -0.3 is 26.0 Å². The maximum Gasteiger partial charge on any atom is 0.224 e. The average Bonchev–Trinajstić information content (AvgIpc) is 3.58. The summed E-state index contributed by atoms with van der Waals surface area (Å²) in [5.41, 5.74) is 2.23. The molecule has 0 saturated heterocycles. The lowest BCUT2D eigenvalue weighted by atomic mass is 9.87. The normalized spacial score (nSPS) is 16.7. The summed E-state index contributed by atoms with van der Waals surface area (Å²) in [5.74, 6) is 1.74. The third-order valence-corrected chi connectivity index (χ3v) is 8.25. The molecule has 9 nitrogen and oxygen atoms in total. The molecular formula is C26H38N6O3S. The van der Waals surface area contributed by atoms with E-state index in [0.717, 1.165) is 38.7 Å². The summed E-state index contributed by atoms with van der Waals surface area (Å²) in [7, 11) is 0. The van der Waals surface area contributed by atoms with Crippen molar-refractivity contribution in [3.05, 3.63) is 23.7 Å². The molecule has 4 rings (SSSR count). The van der Waals surface area contributed by atoms with Crippen LogP contribution in [0, 0.1) is 19.8 Å². The van der Waals surface area contributed by atoms with Gasteiger partial charge in [-0.15, -0.1) is 11.3 Å². The summed E-state index contributed by atoms with van der Waals surface area (Å²) < 4.78 is 1.03. The van der Waals surface area contributed by atoms with E-state index < -0.39 is 23.9 Å². The minimum Gasteiger partial charge on any atom is -0.390 e. The van der Waals surface area contributed by atoms with Gasteiger partial charge in [0.15, 0.2) is 0 Å². The Morgan fingerprint density at radius 3 is 2.47 bits per heavy atom. The standard InChI is InChI=1S/C26H38N6O3S/c1-6-26(35,7-2)12-18(33)22(34)16(5)29-23-20(14(3)30-25(32-23)28-13-17-8-9-17)24-31-21-15(4)27-11-10-19(21)36-24/h10-11,16-18,22,33-35H,6-9,12-13H2,1-5H3,(H2,28,29,30,32). The molecule has 1 aliphatic rings. The maximum atomic E-state index is 10.9. The molecule has 3 aromatic rings. The highest BCUT2D eigenvalue weighted by Crippen LogP contribution is 2.37. The van der Waals surface area contributed by atoms with E-state index in [9.17, 15) is 15.3 Å². The number of anilines is 2. The fraction of sp³-hybridized carbons (Fsp3) is 0.615. The quantitative estimate of drug-likeness (QED) is 0.242. The van der Waals surface area contributed by atoms with Gasteiger partial charge in [0.2, 0.25) is 5.95 Å². The summed E-state index contributed by atoms with van der Waals surface area (Å²) in [6.45, 7) is 10.3. The Hall–Kier alpha value is -2.40. The molecule has 0 aromatic carbocycles. The van der Waals surface area contributed by atoms with Crippen molar-refractivity contribution in [1.82, 2.24) is 19.9 Å². The first kappa shape index (κ1) is 26.7. The van der Waals surface area contributed by atoms with Crippen LogP contribution < -0.4 is 10.6 Å². The second-order valence-electron chi connectivity index (χ2n) is 10.1. The maximum absolute atomic E-state index is 10.9. The molecular weight excluding hydrogens is 476 g/mol. The van der Waals surface area contributed by atoms with Crippen LogP contribution >= 0.6 is 11.3 Å². The van der Waals surface area contributed by atoms with Crippen molar-refractivity contribution < 1.29 is 15.3 Å². The lowest BCUT2D eigenvalue weighted by Crippen LogP contribution is -2.44. The number of thiazole rings is 1. The number of aryl methyl sites for hydroxylation is 2. The third kappa shape index (κ3) is 5.94. The number of nitrogens with zero attached hydrogens (tertiary/aromatic N) is 4. The largest absolute Gasteiger partial charge is 0.390 e. The van der Waals surface area contributed by atoms with Crippen LogP contribution in [0.2, 0.25) is 0 Å². The van der Waals surface area contributed by atoms with E-state index in [1.165, 1.54) is 12.8 Å². The van der Waals surface area contributed by atoms with Gasteiger partial charge in [-0.1, -0.05) is 13.8 Å². The van der Waals surface area contributed by atoms with E-state index in [2.05, 4.69) is 15.6 Å². The minimum absolute atomic E-state index is 0.0984. The zero-order valence-corrected chi connectivity index (χ0v) is 22.6. The molecule has 36 heavy (non-hydrogen) atoms. The van der Waals surface area contributed by atoms with Crippen LogP contribution in [0.15, 0.2) is 12.3 Å². The summed E-state index contributed by atoms with van der Waals surface area (Å²) >= 11 is 1.55. The van der Waals surface area contributed by atoms with Crippen molar-refractivity contribution in [2.75, 3.05) is 17.2 Å². The Morgan fingerprint density at radius 1 is 1.11 bits per heavy atom. The molecule has 1 fully saturated rings. The molecule has 1 aliphatic carbocycles. The number of fused-ring (bicyclic) bond motifs is 1. The first-order chi connectivity index (χ1) is 17.1. The summed E-state index contributed by atoms with van der Waals surface area (Å²) in [4.78, 5) is 18.7. The minimum atomic E-state index is -1.11. The van der Waals surface area contributed by atoms with Crippen LogP contribution in [0.1, 0.15) is 64.3 Å². The Morgan fingerprint density at radius 2 is 1.83 bits per heavy atom. The second-order valence-corrected chi connectivity index (χ2v) is 11.1. The van der Waals surface area contributed by atoms with Crippen LogP contribution in [-0.2, 0) is 0 Å². The molecule has 5 N–H and O–H groups in total. The zero-order chi connectivity index (χ0) is 26.0. The number of pyridine rings is 1. The molecule has 0 amide bonds. The van der Waals surface area contributed by atoms with Crippen LogP contribution in [0.25, 0.3) is 20.8 Å². The highest BCUT2D eigenvalue weighted by atomic mass is 32.1. The van der Waals surface area contributed by atoms with Crippen LogP contribution in [0.4, 0.5) is 11.8 Å². The van der Waals surface area contributed by atoms with Crippen LogP contribution in [-0.4, -0.2) is 65.7 Å². The van der Waals surface area contributed by atoms with Crippen molar-refractivity contribution in [3.8, 4) is 10.6 Å². The van der Waals surface area contributed by atoms with Gasteiger partial charge >= 0.3 is 0 Å². The Kier molecular flexibility index (Phi) is 8.09. The zero-order valence-electron chi connectivity index (χ0n) is 21.7. The second kappa shape index (κ2) is 10.9. The van der Waals surface area contributed by atoms with Crippen molar-refractivity contribution in [2.24, 2.45) is 5.92 Å². The van der Waals surface area contributed by atoms with Gasteiger partial charge in [0.1, 0.15) is 16.3 Å². The third-order valence-electron chi connectivity index (χ3n) is 7.22. The SMILES string of the molecule is CCC(O)(CC)CC(O)C(O)C(C)Nc1nc(NCC2CC2)nc(C)c1-c1nc2c(C)nccc2s1. The lowest BCUT2D eigenvalue weighted by Gasteiger charge is -2.32. The highest BCUT2D eigenvalue weighted by Gasteiger charge is 2.33. The Balaban J connectivity index is 1.65. The van der Waals surface area contributed by atoms with Gasteiger partial charge in [-0.3, -0.25) is 4.98 Å². The van der Waals surface area contributed by atoms with Gasteiger partial charge in [0.25, 0.3) is 0 Å². The highest BCUT2D eigenvalue weighted by molar-refractivity contribution is 7.21. The van der Waals surface area contributed by atoms with E-state index >= 15 is 0 Å². The smallest absolute Gasteiger partial charge is 0.224 e. The summed E-state index contributed by atoms with van der Waals surface area (Å²) in [6, 6.07) is 1.41. The average molecular weight is 515 g/mol. The van der Waals surface area contributed by atoms with Crippen molar-refractivity contribution >= 4 is 33.3 Å². The van der Waals surface area contributed by atoms with Gasteiger partial charge in [0.05, 0.1) is 45.5 Å². The lowest BCUT2D eigenvalue weighted by molar-refractivity contribution is -0.0615. The number of hydrogen-bond acceptors (Lipinski definition) is 10. The fourth-order valence-electron chi connectivity index (χ4n) is 4.34. The molecule has 0 aliphatic heterocycles. The molecule has 3 atom stereocenters. The predicted molar refractivity (Wildman–Crippen MR) is 144 cm³/mol. The van der Waals surface area contributed by atoms with Crippen molar-refractivity contribution in [3.63, 3.8) is 0 Å². The van der Waals surface area contributed by atoms with Crippen LogP contribution in [0.5, 0.6) is 0 Å². The molecule has 196 valence electrons. The van der Waals surface area contributed by atoms with E-state index in [1.807, 2.05) is 33.8 Å². The van der Waals surface area contributed by atoms with E-state index in [-0.39, 0.29) is 6.42 Å². The first-order valence-corrected chi connectivity index (χ1v) is 13.7. The Bertz CT molecular complexity index is 1190. The topological polar surface area (TPSA) is 136 Å². The molecule has 0 bridgehead atoms. The molecule has 3 heterocycles.